The molecule has 1 fully saturated rings. The molecule has 0 aliphatic carbocycles. The topological polar surface area (TPSA) is 123 Å². The number of hydrogen-bond donors (Lipinski definition) is 4. The average Bonchev–Trinajstić information content (AvgIpc) is 3.22. The Labute approximate surface area is 197 Å². The van der Waals surface area contributed by atoms with E-state index in [9.17, 15) is 14.9 Å². The zero-order chi connectivity index (χ0) is 22.7. The van der Waals surface area contributed by atoms with Crippen LogP contribution in [0, 0.1) is 11.3 Å². The lowest BCUT2D eigenvalue weighted by Crippen LogP contribution is -2.38. The Morgan fingerprint density at radius 2 is 1.88 bits per heavy atom. The summed E-state index contributed by atoms with van der Waals surface area (Å²) in [4.78, 5) is 31.8. The fourth-order valence-electron chi connectivity index (χ4n) is 2.98. The summed E-state index contributed by atoms with van der Waals surface area (Å²) in [5.41, 5.74) is 1.36. The Kier molecular flexibility index (Phi) is 6.41. The number of nitrogens with one attached hydrogen (secondary N) is 4. The second-order valence-electron chi connectivity index (χ2n) is 6.74. The van der Waals surface area contributed by atoms with Crippen molar-refractivity contribution in [2.75, 3.05) is 16.4 Å². The van der Waals surface area contributed by atoms with Crippen LogP contribution >= 0.6 is 35.6 Å². The first kappa shape index (κ1) is 21.8. The maximum absolute atomic E-state index is 12.4. The standard InChI is InChI=1S/C21H15ClN6O2S2/c22-12-3-7-14(8-4-12)25-20-27-17(15(9-23)18(29)28-20)11-1-5-13(6-2-11)24-19(30)16-10-32-21(31)26-16/h1-8,16H,10H2,(H,24,30)(H,26,31)(H2,25,27,28,29). The second kappa shape index (κ2) is 9.40. The van der Waals surface area contributed by atoms with Crippen molar-refractivity contribution in [1.82, 2.24) is 15.3 Å². The molecule has 1 amide bonds. The quantitative estimate of drug-likeness (QED) is 0.406. The van der Waals surface area contributed by atoms with Crippen molar-refractivity contribution in [3.63, 3.8) is 0 Å². The molecule has 1 atom stereocenters. The molecule has 1 unspecified atom stereocenters. The zero-order valence-corrected chi connectivity index (χ0v) is 18.7. The number of carbonyl (C=O) groups is 1. The second-order valence-corrected chi connectivity index (χ2v) is 8.88. The van der Waals surface area contributed by atoms with Gasteiger partial charge in [0.15, 0.2) is 0 Å². The number of hydrogen-bond acceptors (Lipinski definition) is 7. The van der Waals surface area contributed by atoms with Crippen molar-refractivity contribution in [2.24, 2.45) is 0 Å². The van der Waals surface area contributed by atoms with Gasteiger partial charge in [-0.2, -0.15) is 5.26 Å². The monoisotopic (exact) mass is 482 g/mol. The van der Waals surface area contributed by atoms with E-state index in [4.69, 9.17) is 23.8 Å². The number of aromatic amines is 1. The number of nitrogens with zero attached hydrogens (tertiary/aromatic N) is 2. The minimum atomic E-state index is -0.563. The summed E-state index contributed by atoms with van der Waals surface area (Å²) in [6.07, 6.45) is 0. The summed E-state index contributed by atoms with van der Waals surface area (Å²) in [6, 6.07) is 15.1. The van der Waals surface area contributed by atoms with Crippen LogP contribution in [0.4, 0.5) is 17.3 Å². The molecule has 11 heteroatoms. The summed E-state index contributed by atoms with van der Waals surface area (Å²) < 4.78 is 0.605. The van der Waals surface area contributed by atoms with Crippen molar-refractivity contribution in [1.29, 1.82) is 5.26 Å². The summed E-state index contributed by atoms with van der Waals surface area (Å²) in [7, 11) is 0. The van der Waals surface area contributed by atoms with Crippen LogP contribution < -0.4 is 21.5 Å². The number of nitriles is 1. The average molecular weight is 483 g/mol. The summed E-state index contributed by atoms with van der Waals surface area (Å²) in [6.45, 7) is 0. The Morgan fingerprint density at radius 1 is 1.19 bits per heavy atom. The van der Waals surface area contributed by atoms with E-state index in [1.807, 2.05) is 6.07 Å². The fraction of sp³-hybridized carbons (Fsp3) is 0.0952. The Bertz CT molecular complexity index is 1290. The minimum absolute atomic E-state index is 0.107. The molecule has 160 valence electrons. The van der Waals surface area contributed by atoms with Gasteiger partial charge in [-0.1, -0.05) is 47.7 Å². The zero-order valence-electron chi connectivity index (χ0n) is 16.3. The van der Waals surface area contributed by atoms with Crippen LogP contribution in [0.25, 0.3) is 11.3 Å². The first-order valence-corrected chi connectivity index (χ1v) is 11.1. The fourth-order valence-corrected chi connectivity index (χ4v) is 4.23. The lowest BCUT2D eigenvalue weighted by atomic mass is 10.1. The van der Waals surface area contributed by atoms with E-state index < -0.39 is 5.56 Å². The molecule has 0 radical (unpaired) electrons. The highest BCUT2D eigenvalue weighted by Gasteiger charge is 2.25. The molecule has 1 aliphatic heterocycles. The number of halogens is 1. The first-order chi connectivity index (χ1) is 15.4. The highest BCUT2D eigenvalue weighted by Crippen LogP contribution is 2.24. The van der Waals surface area contributed by atoms with E-state index in [0.29, 0.717) is 32.0 Å². The van der Waals surface area contributed by atoms with Gasteiger partial charge in [-0.3, -0.25) is 14.6 Å². The maximum atomic E-state index is 12.4. The van der Waals surface area contributed by atoms with E-state index in [-0.39, 0.29) is 29.2 Å². The van der Waals surface area contributed by atoms with Crippen molar-refractivity contribution in [3.8, 4) is 17.3 Å². The molecule has 0 bridgehead atoms. The number of carbonyl (C=O) groups excluding carboxylic acids is 1. The van der Waals surface area contributed by atoms with Gasteiger partial charge in [-0.25, -0.2) is 4.98 Å². The van der Waals surface area contributed by atoms with Gasteiger partial charge >= 0.3 is 0 Å². The Hall–Kier alpha value is -3.39. The smallest absolute Gasteiger partial charge is 0.270 e. The number of thiocarbonyl (C=S) groups is 1. The van der Waals surface area contributed by atoms with Crippen molar-refractivity contribution < 1.29 is 4.79 Å². The van der Waals surface area contributed by atoms with Crippen molar-refractivity contribution in [2.45, 2.75) is 6.04 Å². The van der Waals surface area contributed by atoms with Crippen LogP contribution in [0.2, 0.25) is 5.02 Å². The van der Waals surface area contributed by atoms with Gasteiger partial charge in [0.1, 0.15) is 22.0 Å². The molecule has 2 heterocycles. The SMILES string of the molecule is N#Cc1c(-c2ccc(NC(=O)C3CSC(=S)N3)cc2)nc(Nc2ccc(Cl)cc2)[nH]c1=O. The molecule has 1 aromatic heterocycles. The molecule has 4 rings (SSSR count). The van der Waals surface area contributed by atoms with Gasteiger partial charge in [0.05, 0.1) is 5.69 Å². The third-order valence-electron chi connectivity index (χ3n) is 4.55. The van der Waals surface area contributed by atoms with Gasteiger partial charge in [-0.15, -0.1) is 0 Å². The summed E-state index contributed by atoms with van der Waals surface area (Å²) >= 11 is 12.4. The molecule has 3 aromatic rings. The lowest BCUT2D eigenvalue weighted by molar-refractivity contribution is -0.117. The molecule has 1 aliphatic rings. The molecular formula is C21H15ClN6O2S2. The Balaban J connectivity index is 1.58. The number of benzene rings is 2. The number of amides is 1. The number of anilines is 3. The number of thioether (sulfide) groups is 1. The van der Waals surface area contributed by atoms with E-state index in [1.54, 1.807) is 48.5 Å². The third kappa shape index (κ3) is 4.91. The van der Waals surface area contributed by atoms with Crippen LogP contribution in [-0.4, -0.2) is 32.0 Å². The van der Waals surface area contributed by atoms with Gasteiger partial charge < -0.3 is 16.0 Å². The van der Waals surface area contributed by atoms with E-state index in [2.05, 4.69) is 25.9 Å². The van der Waals surface area contributed by atoms with E-state index >= 15 is 0 Å². The molecule has 4 N–H and O–H groups in total. The molecule has 0 spiro atoms. The van der Waals surface area contributed by atoms with Crippen LogP contribution in [0.15, 0.2) is 53.3 Å². The van der Waals surface area contributed by atoms with Crippen LogP contribution in [-0.2, 0) is 4.79 Å². The van der Waals surface area contributed by atoms with Gasteiger partial charge in [-0.05, 0) is 36.4 Å². The van der Waals surface area contributed by atoms with Gasteiger partial charge in [0, 0.05) is 27.7 Å². The van der Waals surface area contributed by atoms with Gasteiger partial charge in [0.2, 0.25) is 11.9 Å². The molecule has 2 aromatic carbocycles. The van der Waals surface area contributed by atoms with E-state index in [0.717, 1.165) is 0 Å². The number of H-pyrrole nitrogens is 1. The van der Waals surface area contributed by atoms with Crippen molar-refractivity contribution in [3.05, 3.63) is 69.5 Å². The number of rotatable bonds is 5. The predicted molar refractivity (Wildman–Crippen MR) is 130 cm³/mol. The lowest BCUT2D eigenvalue weighted by Gasteiger charge is -2.12. The van der Waals surface area contributed by atoms with Crippen LogP contribution in [0.1, 0.15) is 5.56 Å². The molecule has 0 saturated carbocycles. The number of aromatic nitrogens is 2. The largest absolute Gasteiger partial charge is 0.359 e. The van der Waals surface area contributed by atoms with E-state index in [1.165, 1.54) is 11.8 Å². The van der Waals surface area contributed by atoms with Gasteiger partial charge in [0.25, 0.3) is 5.56 Å². The highest BCUT2D eigenvalue weighted by molar-refractivity contribution is 8.23. The minimum Gasteiger partial charge on any atom is -0.359 e. The Morgan fingerprint density at radius 3 is 2.50 bits per heavy atom. The molecular weight excluding hydrogens is 468 g/mol. The maximum Gasteiger partial charge on any atom is 0.270 e. The molecule has 32 heavy (non-hydrogen) atoms. The molecule has 1 saturated heterocycles. The summed E-state index contributed by atoms with van der Waals surface area (Å²) in [5, 5.41) is 18.8. The highest BCUT2D eigenvalue weighted by atomic mass is 35.5. The normalized spacial score (nSPS) is 15.0. The van der Waals surface area contributed by atoms with Crippen LogP contribution in [0.3, 0.4) is 0 Å². The first-order valence-electron chi connectivity index (χ1n) is 9.34. The third-order valence-corrected chi connectivity index (χ3v) is 6.16. The predicted octanol–water partition coefficient (Wildman–Crippen LogP) is 3.63. The summed E-state index contributed by atoms with van der Waals surface area (Å²) in [5.74, 6) is 0.574. The molecule has 8 nitrogen and oxygen atoms in total. The van der Waals surface area contributed by atoms with Crippen LogP contribution in [0.5, 0.6) is 0 Å². The van der Waals surface area contributed by atoms with Crippen molar-refractivity contribution >= 4 is 63.1 Å².